The van der Waals surface area contributed by atoms with Crippen molar-refractivity contribution in [2.75, 3.05) is 6.61 Å². The first-order valence-electron chi connectivity index (χ1n) is 7.84. The molecule has 0 aliphatic carbocycles. The lowest BCUT2D eigenvalue weighted by molar-refractivity contribution is -0.148. The zero-order valence-corrected chi connectivity index (χ0v) is 15.8. The van der Waals surface area contributed by atoms with Crippen LogP contribution < -0.4 is 10.5 Å². The van der Waals surface area contributed by atoms with Crippen LogP contribution in [-0.2, 0) is 30.8 Å². The first kappa shape index (κ1) is 20.1. The molecule has 0 saturated heterocycles. The normalized spacial score (nSPS) is 12.4. The van der Waals surface area contributed by atoms with Crippen LogP contribution in [-0.4, -0.2) is 26.9 Å². The SMILES string of the molecule is C[C@H](NC(=O)COC(=O)CCc1ccsc1)c1ccc(S(N)(=O)=O)cc1. The Bertz CT molecular complexity index is 846. The Kier molecular flexibility index (Phi) is 6.90. The number of carbonyl (C=O) groups excluding carboxylic acids is 2. The van der Waals surface area contributed by atoms with Gasteiger partial charge in [0.15, 0.2) is 6.61 Å². The van der Waals surface area contributed by atoms with Gasteiger partial charge in [0, 0.05) is 6.42 Å². The Balaban J connectivity index is 1.77. The van der Waals surface area contributed by atoms with E-state index in [1.54, 1.807) is 30.4 Å². The van der Waals surface area contributed by atoms with Gasteiger partial charge in [-0.3, -0.25) is 9.59 Å². The van der Waals surface area contributed by atoms with Crippen molar-refractivity contribution in [1.29, 1.82) is 0 Å². The van der Waals surface area contributed by atoms with Crippen molar-refractivity contribution in [3.8, 4) is 0 Å². The second-order valence-corrected chi connectivity index (χ2v) is 8.04. The molecule has 140 valence electrons. The fraction of sp³-hybridized carbons (Fsp3) is 0.294. The molecule has 2 rings (SSSR count). The van der Waals surface area contributed by atoms with E-state index in [2.05, 4.69) is 5.32 Å². The minimum atomic E-state index is -3.75. The maximum Gasteiger partial charge on any atom is 0.306 e. The molecule has 0 aliphatic heterocycles. The summed E-state index contributed by atoms with van der Waals surface area (Å²) >= 11 is 1.56. The van der Waals surface area contributed by atoms with Crippen LogP contribution in [0.5, 0.6) is 0 Å². The van der Waals surface area contributed by atoms with Gasteiger partial charge in [-0.2, -0.15) is 11.3 Å². The number of amides is 1. The third kappa shape index (κ3) is 6.25. The Labute approximate surface area is 156 Å². The number of nitrogens with one attached hydrogen (secondary N) is 1. The van der Waals surface area contributed by atoms with Gasteiger partial charge in [0.25, 0.3) is 5.91 Å². The lowest BCUT2D eigenvalue weighted by Gasteiger charge is -2.14. The highest BCUT2D eigenvalue weighted by Gasteiger charge is 2.13. The van der Waals surface area contributed by atoms with Gasteiger partial charge >= 0.3 is 5.97 Å². The summed E-state index contributed by atoms with van der Waals surface area (Å²) in [7, 11) is -3.75. The zero-order valence-electron chi connectivity index (χ0n) is 14.2. The first-order valence-corrected chi connectivity index (χ1v) is 10.3. The summed E-state index contributed by atoms with van der Waals surface area (Å²) in [5.74, 6) is -0.867. The second kappa shape index (κ2) is 8.93. The van der Waals surface area contributed by atoms with Crippen molar-refractivity contribution in [1.82, 2.24) is 5.32 Å². The highest BCUT2D eigenvalue weighted by Crippen LogP contribution is 2.15. The molecule has 1 amide bonds. The summed E-state index contributed by atoms with van der Waals surface area (Å²) in [5.41, 5.74) is 1.77. The smallest absolute Gasteiger partial charge is 0.306 e. The van der Waals surface area contributed by atoms with E-state index in [1.165, 1.54) is 12.1 Å². The summed E-state index contributed by atoms with van der Waals surface area (Å²) in [5, 5.41) is 11.6. The summed E-state index contributed by atoms with van der Waals surface area (Å²) in [6, 6.07) is 7.44. The van der Waals surface area contributed by atoms with Crippen LogP contribution in [0.4, 0.5) is 0 Å². The third-order valence-corrected chi connectivity index (χ3v) is 5.31. The van der Waals surface area contributed by atoms with Gasteiger partial charge < -0.3 is 10.1 Å². The molecule has 0 aliphatic rings. The predicted octanol–water partition coefficient (Wildman–Crippen LogP) is 1.75. The Morgan fingerprint density at radius 2 is 1.92 bits per heavy atom. The molecule has 0 fully saturated rings. The lowest BCUT2D eigenvalue weighted by Crippen LogP contribution is -2.31. The van der Waals surface area contributed by atoms with Crippen molar-refractivity contribution in [2.24, 2.45) is 5.14 Å². The molecule has 0 unspecified atom stereocenters. The van der Waals surface area contributed by atoms with E-state index in [9.17, 15) is 18.0 Å². The van der Waals surface area contributed by atoms with Crippen LogP contribution in [0.1, 0.15) is 30.5 Å². The third-order valence-electron chi connectivity index (χ3n) is 3.65. The van der Waals surface area contributed by atoms with E-state index in [1.807, 2.05) is 16.8 Å². The molecular weight excluding hydrogens is 376 g/mol. The fourth-order valence-corrected chi connectivity index (χ4v) is 3.43. The monoisotopic (exact) mass is 396 g/mol. The van der Waals surface area contributed by atoms with Gasteiger partial charge in [0.2, 0.25) is 10.0 Å². The fourth-order valence-electron chi connectivity index (χ4n) is 2.21. The molecule has 0 bridgehead atoms. The van der Waals surface area contributed by atoms with Gasteiger partial charge in [-0.25, -0.2) is 13.6 Å². The lowest BCUT2D eigenvalue weighted by atomic mass is 10.1. The number of hydrogen-bond donors (Lipinski definition) is 2. The van der Waals surface area contributed by atoms with E-state index in [0.717, 1.165) is 5.56 Å². The topological polar surface area (TPSA) is 116 Å². The van der Waals surface area contributed by atoms with Crippen LogP contribution in [0.15, 0.2) is 46.0 Å². The van der Waals surface area contributed by atoms with Gasteiger partial charge in [0.05, 0.1) is 10.9 Å². The maximum atomic E-state index is 11.9. The van der Waals surface area contributed by atoms with E-state index in [0.29, 0.717) is 12.0 Å². The zero-order chi connectivity index (χ0) is 19.2. The maximum absolute atomic E-state index is 11.9. The number of ether oxygens (including phenoxy) is 1. The number of sulfonamides is 1. The van der Waals surface area contributed by atoms with Crippen molar-refractivity contribution in [2.45, 2.75) is 30.7 Å². The van der Waals surface area contributed by atoms with Gasteiger partial charge in [-0.1, -0.05) is 12.1 Å². The number of primary sulfonamides is 1. The minimum Gasteiger partial charge on any atom is -0.456 e. The molecule has 1 aromatic heterocycles. The average molecular weight is 396 g/mol. The first-order chi connectivity index (χ1) is 12.3. The number of aryl methyl sites for hydroxylation is 1. The highest BCUT2D eigenvalue weighted by molar-refractivity contribution is 7.89. The molecule has 0 spiro atoms. The summed E-state index contributed by atoms with van der Waals surface area (Å²) in [4.78, 5) is 23.5. The van der Waals surface area contributed by atoms with Crippen molar-refractivity contribution < 1.29 is 22.7 Å². The highest BCUT2D eigenvalue weighted by atomic mass is 32.2. The molecule has 0 saturated carbocycles. The van der Waals surface area contributed by atoms with Crippen LogP contribution >= 0.6 is 11.3 Å². The van der Waals surface area contributed by atoms with Crippen LogP contribution in [0.2, 0.25) is 0 Å². The van der Waals surface area contributed by atoms with E-state index < -0.39 is 21.9 Å². The van der Waals surface area contributed by atoms with Gasteiger partial charge in [-0.15, -0.1) is 0 Å². The van der Waals surface area contributed by atoms with Crippen LogP contribution in [0.3, 0.4) is 0 Å². The largest absolute Gasteiger partial charge is 0.456 e. The minimum absolute atomic E-state index is 0.000621. The molecular formula is C17H20N2O5S2. The summed E-state index contributed by atoms with van der Waals surface area (Å²) < 4.78 is 27.4. The molecule has 26 heavy (non-hydrogen) atoms. The molecule has 1 heterocycles. The Hall–Kier alpha value is -2.23. The number of nitrogens with two attached hydrogens (primary N) is 1. The number of benzene rings is 1. The van der Waals surface area contributed by atoms with E-state index in [4.69, 9.17) is 9.88 Å². The number of rotatable bonds is 8. The second-order valence-electron chi connectivity index (χ2n) is 5.70. The standard InChI is InChI=1S/C17H20N2O5S2/c1-12(14-3-5-15(6-4-14)26(18,22)23)19-16(20)10-24-17(21)7-2-13-8-9-25-11-13/h3-6,8-9,11-12H,2,7,10H2,1H3,(H,19,20)(H2,18,22,23)/t12-/m0/s1. The molecule has 3 N–H and O–H groups in total. The number of carbonyl (C=O) groups is 2. The molecule has 0 radical (unpaired) electrons. The predicted molar refractivity (Wildman–Crippen MR) is 98.0 cm³/mol. The molecule has 1 atom stereocenters. The van der Waals surface area contributed by atoms with E-state index >= 15 is 0 Å². The average Bonchev–Trinajstić information content (AvgIpc) is 3.11. The number of esters is 1. The van der Waals surface area contributed by atoms with Crippen LogP contribution in [0.25, 0.3) is 0 Å². The molecule has 2 aromatic rings. The number of thiophene rings is 1. The Morgan fingerprint density at radius 3 is 2.50 bits per heavy atom. The molecule has 7 nitrogen and oxygen atoms in total. The Morgan fingerprint density at radius 1 is 1.23 bits per heavy atom. The quantitative estimate of drug-likeness (QED) is 0.660. The van der Waals surface area contributed by atoms with Gasteiger partial charge in [-0.05, 0) is 53.4 Å². The summed E-state index contributed by atoms with van der Waals surface area (Å²) in [6.07, 6.45) is 0.797. The van der Waals surface area contributed by atoms with Crippen molar-refractivity contribution in [3.63, 3.8) is 0 Å². The summed E-state index contributed by atoms with van der Waals surface area (Å²) in [6.45, 7) is 1.38. The molecule has 9 heteroatoms. The van der Waals surface area contributed by atoms with Crippen LogP contribution in [0, 0.1) is 0 Å². The van der Waals surface area contributed by atoms with Gasteiger partial charge in [0.1, 0.15) is 0 Å². The number of hydrogen-bond acceptors (Lipinski definition) is 6. The van der Waals surface area contributed by atoms with E-state index in [-0.39, 0.29) is 24.0 Å². The van der Waals surface area contributed by atoms with Crippen molar-refractivity contribution in [3.05, 3.63) is 52.2 Å². The molecule has 1 aromatic carbocycles. The van der Waals surface area contributed by atoms with Crippen molar-refractivity contribution >= 4 is 33.2 Å².